The molecule has 1 aromatic carbocycles. The molecule has 0 aliphatic heterocycles. The number of amides is 1. The van der Waals surface area contributed by atoms with Gasteiger partial charge >= 0.3 is 6.18 Å². The Morgan fingerprint density at radius 2 is 1.87 bits per heavy atom. The topological polar surface area (TPSA) is 71.2 Å². The number of hydrogen-bond acceptors (Lipinski definition) is 3. The van der Waals surface area contributed by atoms with E-state index in [4.69, 9.17) is 4.74 Å². The van der Waals surface area contributed by atoms with Crippen molar-refractivity contribution in [3.63, 3.8) is 0 Å². The first-order valence-corrected chi connectivity index (χ1v) is 6.64. The molecule has 0 aliphatic carbocycles. The highest BCUT2D eigenvalue weighted by molar-refractivity contribution is 5.93. The number of halogens is 3. The molecule has 1 aromatic heterocycles. The van der Waals surface area contributed by atoms with Crippen LogP contribution >= 0.6 is 0 Å². The lowest BCUT2D eigenvalue weighted by atomic mass is 10.2. The number of ether oxygens (including phenoxy) is 1. The fourth-order valence-corrected chi connectivity index (χ4v) is 1.77. The Balaban J connectivity index is 1.81. The molecule has 0 bridgehead atoms. The van der Waals surface area contributed by atoms with Gasteiger partial charge in [-0.2, -0.15) is 13.2 Å². The molecular weight excluding hydrogens is 313 g/mol. The van der Waals surface area contributed by atoms with E-state index >= 15 is 0 Å². The molecule has 5 nitrogen and oxygen atoms in total. The second-order valence-corrected chi connectivity index (χ2v) is 4.54. The highest BCUT2D eigenvalue weighted by atomic mass is 19.4. The maximum atomic E-state index is 12.4. The van der Waals surface area contributed by atoms with Crippen molar-refractivity contribution < 1.29 is 22.7 Å². The van der Waals surface area contributed by atoms with Crippen LogP contribution in [0.25, 0.3) is 0 Å². The number of H-pyrrole nitrogens is 1. The number of alkyl halides is 3. The van der Waals surface area contributed by atoms with Gasteiger partial charge in [0.05, 0.1) is 12.1 Å². The third kappa shape index (κ3) is 4.60. The van der Waals surface area contributed by atoms with Gasteiger partial charge in [0, 0.05) is 6.20 Å². The quantitative estimate of drug-likeness (QED) is 0.828. The van der Waals surface area contributed by atoms with Crippen LogP contribution in [-0.2, 0) is 6.18 Å². The second kappa shape index (κ2) is 6.99. The molecule has 1 amide bonds. The lowest BCUT2D eigenvalue weighted by Gasteiger charge is -2.09. The van der Waals surface area contributed by atoms with Gasteiger partial charge in [-0.1, -0.05) is 0 Å². The Kier molecular flexibility index (Phi) is 5.05. The van der Waals surface area contributed by atoms with E-state index in [-0.39, 0.29) is 24.5 Å². The summed E-state index contributed by atoms with van der Waals surface area (Å²) in [6, 6.07) is 7.13. The van der Waals surface area contributed by atoms with Gasteiger partial charge in [0.25, 0.3) is 11.5 Å². The van der Waals surface area contributed by atoms with Crippen LogP contribution in [0.15, 0.2) is 47.4 Å². The van der Waals surface area contributed by atoms with Crippen molar-refractivity contribution in [2.24, 2.45) is 0 Å². The highest BCUT2D eigenvalue weighted by Crippen LogP contribution is 2.30. The lowest BCUT2D eigenvalue weighted by Crippen LogP contribution is -2.32. The van der Waals surface area contributed by atoms with Crippen LogP contribution in [-0.4, -0.2) is 24.0 Å². The smallest absolute Gasteiger partial charge is 0.416 e. The number of carbonyl (C=O) groups is 1. The zero-order valence-corrected chi connectivity index (χ0v) is 11.8. The molecule has 0 saturated heterocycles. The summed E-state index contributed by atoms with van der Waals surface area (Å²) in [6.45, 7) is 0.163. The monoisotopic (exact) mass is 326 g/mol. The number of aromatic nitrogens is 1. The first kappa shape index (κ1) is 16.6. The maximum absolute atomic E-state index is 12.4. The van der Waals surface area contributed by atoms with E-state index in [1.54, 1.807) is 0 Å². The molecular formula is C15H13F3N2O3. The minimum atomic E-state index is -4.39. The first-order chi connectivity index (χ1) is 10.9. The fraction of sp³-hybridized carbons (Fsp3) is 0.200. The number of aromatic amines is 1. The molecule has 2 rings (SSSR count). The van der Waals surface area contributed by atoms with Gasteiger partial charge in [-0.3, -0.25) is 9.59 Å². The van der Waals surface area contributed by atoms with E-state index < -0.39 is 23.2 Å². The summed E-state index contributed by atoms with van der Waals surface area (Å²) in [4.78, 5) is 25.5. The molecule has 8 heteroatoms. The number of carbonyl (C=O) groups excluding carboxylic acids is 1. The number of benzene rings is 1. The molecule has 0 unspecified atom stereocenters. The summed E-state index contributed by atoms with van der Waals surface area (Å²) >= 11 is 0. The van der Waals surface area contributed by atoms with Crippen molar-refractivity contribution in [2.75, 3.05) is 13.2 Å². The SMILES string of the molecule is O=C(NCCOc1ccc(C(F)(F)F)cc1)c1ccc[nH]c1=O. The molecule has 0 saturated carbocycles. The fourth-order valence-electron chi connectivity index (χ4n) is 1.77. The molecule has 122 valence electrons. The molecule has 0 fully saturated rings. The molecule has 0 radical (unpaired) electrons. The van der Waals surface area contributed by atoms with Gasteiger partial charge < -0.3 is 15.0 Å². The summed E-state index contributed by atoms with van der Waals surface area (Å²) in [5, 5.41) is 2.48. The lowest BCUT2D eigenvalue weighted by molar-refractivity contribution is -0.137. The average molecular weight is 326 g/mol. The standard InChI is InChI=1S/C15H13F3N2O3/c16-15(17,18)10-3-5-11(6-4-10)23-9-8-20-14(22)12-2-1-7-19-13(12)21/h1-7H,8-9H2,(H,19,21)(H,20,22). The minimum Gasteiger partial charge on any atom is -0.492 e. The Bertz CT molecular complexity index is 724. The van der Waals surface area contributed by atoms with E-state index in [0.717, 1.165) is 12.1 Å². The van der Waals surface area contributed by atoms with E-state index in [9.17, 15) is 22.8 Å². The molecule has 0 spiro atoms. The summed E-state index contributed by atoms with van der Waals surface area (Å²) in [7, 11) is 0. The van der Waals surface area contributed by atoms with Crippen LogP contribution in [0.1, 0.15) is 15.9 Å². The van der Waals surface area contributed by atoms with Crippen molar-refractivity contribution in [2.45, 2.75) is 6.18 Å². The van der Waals surface area contributed by atoms with E-state index in [0.29, 0.717) is 0 Å². The largest absolute Gasteiger partial charge is 0.492 e. The second-order valence-electron chi connectivity index (χ2n) is 4.54. The van der Waals surface area contributed by atoms with Gasteiger partial charge in [-0.25, -0.2) is 0 Å². The number of pyridine rings is 1. The Hall–Kier alpha value is -2.77. The van der Waals surface area contributed by atoms with Crippen LogP contribution in [0.4, 0.5) is 13.2 Å². The average Bonchev–Trinajstić information content (AvgIpc) is 2.51. The zero-order chi connectivity index (χ0) is 16.9. The summed E-state index contributed by atoms with van der Waals surface area (Å²) in [5.41, 5.74) is -1.29. The Morgan fingerprint density at radius 1 is 1.17 bits per heavy atom. The highest BCUT2D eigenvalue weighted by Gasteiger charge is 2.29. The molecule has 2 aromatic rings. The van der Waals surface area contributed by atoms with Crippen LogP contribution in [0.5, 0.6) is 5.75 Å². The van der Waals surface area contributed by atoms with Crippen LogP contribution in [0.2, 0.25) is 0 Å². The Morgan fingerprint density at radius 3 is 2.48 bits per heavy atom. The third-order valence-corrected chi connectivity index (χ3v) is 2.90. The molecule has 1 heterocycles. The van der Waals surface area contributed by atoms with Gasteiger partial charge in [-0.05, 0) is 36.4 Å². The van der Waals surface area contributed by atoms with Crippen molar-refractivity contribution >= 4 is 5.91 Å². The zero-order valence-electron chi connectivity index (χ0n) is 11.8. The van der Waals surface area contributed by atoms with Gasteiger partial charge in [0.2, 0.25) is 0 Å². The van der Waals surface area contributed by atoms with Crippen molar-refractivity contribution in [3.8, 4) is 5.75 Å². The summed E-state index contributed by atoms with van der Waals surface area (Å²) in [6.07, 6.45) is -2.98. The summed E-state index contributed by atoms with van der Waals surface area (Å²) in [5.74, 6) is -0.298. The van der Waals surface area contributed by atoms with E-state index in [2.05, 4.69) is 10.3 Å². The maximum Gasteiger partial charge on any atom is 0.416 e. The first-order valence-electron chi connectivity index (χ1n) is 6.64. The third-order valence-electron chi connectivity index (χ3n) is 2.90. The molecule has 0 aliphatic rings. The number of nitrogens with one attached hydrogen (secondary N) is 2. The van der Waals surface area contributed by atoms with Crippen molar-refractivity contribution in [3.05, 3.63) is 64.1 Å². The predicted octanol–water partition coefficient (Wildman–Crippen LogP) is 2.20. The summed E-state index contributed by atoms with van der Waals surface area (Å²) < 4.78 is 42.4. The van der Waals surface area contributed by atoms with E-state index in [1.165, 1.54) is 30.5 Å². The number of rotatable bonds is 5. The predicted molar refractivity (Wildman–Crippen MR) is 76.3 cm³/mol. The van der Waals surface area contributed by atoms with Gasteiger partial charge in [0.1, 0.15) is 17.9 Å². The minimum absolute atomic E-state index is 0.0259. The number of hydrogen-bond donors (Lipinski definition) is 2. The Labute approximate surface area is 129 Å². The van der Waals surface area contributed by atoms with Gasteiger partial charge in [0.15, 0.2) is 0 Å². The molecule has 0 atom stereocenters. The van der Waals surface area contributed by atoms with Crippen molar-refractivity contribution in [1.82, 2.24) is 10.3 Å². The van der Waals surface area contributed by atoms with Crippen LogP contribution < -0.4 is 15.6 Å². The normalized spacial score (nSPS) is 11.1. The van der Waals surface area contributed by atoms with E-state index in [1.807, 2.05) is 0 Å². The van der Waals surface area contributed by atoms with Crippen molar-refractivity contribution in [1.29, 1.82) is 0 Å². The van der Waals surface area contributed by atoms with Gasteiger partial charge in [-0.15, -0.1) is 0 Å². The van der Waals surface area contributed by atoms with Crippen LogP contribution in [0.3, 0.4) is 0 Å². The molecule has 2 N–H and O–H groups in total. The molecule has 23 heavy (non-hydrogen) atoms. The van der Waals surface area contributed by atoms with Crippen LogP contribution in [0, 0.1) is 0 Å².